The fraction of sp³-hybridized carbons (Fsp3) is 0.455. The lowest BCUT2D eigenvalue weighted by atomic mass is 10.3. The van der Waals surface area contributed by atoms with Gasteiger partial charge >= 0.3 is 0 Å². The zero-order valence-electron chi connectivity index (χ0n) is 9.64. The molecule has 2 N–H and O–H groups in total. The Bertz CT molecular complexity index is 468. The van der Waals surface area contributed by atoms with E-state index in [-0.39, 0.29) is 0 Å². The number of aromatic nitrogens is 1. The quantitative estimate of drug-likeness (QED) is 0.805. The molecule has 2 heterocycles. The first-order valence-corrected chi connectivity index (χ1v) is 6.20. The Kier molecular flexibility index (Phi) is 3.61. The number of rotatable bonds is 2. The van der Waals surface area contributed by atoms with Crippen molar-refractivity contribution >= 4 is 28.4 Å². The summed E-state index contributed by atoms with van der Waals surface area (Å²) in [4.78, 5) is 7.43. The summed E-state index contributed by atoms with van der Waals surface area (Å²) in [5, 5.41) is 9.34. The smallest absolute Gasteiger partial charge is 0.182 e. The molecule has 0 bridgehead atoms. The molecule has 0 aliphatic carbocycles. The first kappa shape index (κ1) is 11.9. The Morgan fingerprint density at radius 2 is 2.29 bits per heavy atom. The standard InChI is InChI=1S/C11H14N4OS/c1-8(7-12)6-9-10(14-11(13)17-9)15-2-4-16-5-3-15/h6H,2-5H2,1H3,(H2,13,14). The maximum Gasteiger partial charge on any atom is 0.182 e. The van der Waals surface area contributed by atoms with Crippen LogP contribution in [0.4, 0.5) is 10.9 Å². The Labute approximate surface area is 104 Å². The van der Waals surface area contributed by atoms with Crippen LogP contribution in [0.25, 0.3) is 6.08 Å². The third kappa shape index (κ3) is 2.75. The molecule has 0 radical (unpaired) electrons. The molecule has 1 aliphatic rings. The Morgan fingerprint density at radius 1 is 1.59 bits per heavy atom. The molecule has 1 aromatic heterocycles. The van der Waals surface area contributed by atoms with Crippen molar-refractivity contribution < 1.29 is 4.74 Å². The minimum absolute atomic E-state index is 0.531. The second kappa shape index (κ2) is 5.17. The maximum absolute atomic E-state index is 8.81. The summed E-state index contributed by atoms with van der Waals surface area (Å²) in [6, 6.07) is 2.11. The molecule has 1 fully saturated rings. The predicted octanol–water partition coefficient (Wildman–Crippen LogP) is 1.49. The average molecular weight is 250 g/mol. The second-order valence-electron chi connectivity index (χ2n) is 3.78. The highest BCUT2D eigenvalue weighted by Crippen LogP contribution is 2.30. The van der Waals surface area contributed by atoms with Gasteiger partial charge in [0.1, 0.15) is 5.82 Å². The molecule has 0 atom stereocenters. The van der Waals surface area contributed by atoms with Gasteiger partial charge in [0.2, 0.25) is 0 Å². The van der Waals surface area contributed by atoms with Crippen molar-refractivity contribution in [3.8, 4) is 6.07 Å². The Morgan fingerprint density at radius 3 is 2.94 bits per heavy atom. The van der Waals surface area contributed by atoms with Crippen LogP contribution in [0, 0.1) is 11.3 Å². The van der Waals surface area contributed by atoms with E-state index >= 15 is 0 Å². The first-order chi connectivity index (χ1) is 8.20. The predicted molar refractivity (Wildman–Crippen MR) is 68.8 cm³/mol. The third-order valence-corrected chi connectivity index (χ3v) is 3.31. The molecule has 5 nitrogen and oxygen atoms in total. The summed E-state index contributed by atoms with van der Waals surface area (Å²) in [6.07, 6.45) is 1.83. The number of nitrogen functional groups attached to an aromatic ring is 1. The summed E-state index contributed by atoms with van der Waals surface area (Å²) in [5.74, 6) is 0.866. The molecule has 0 saturated carbocycles. The molecule has 0 amide bonds. The fourth-order valence-electron chi connectivity index (χ4n) is 1.67. The molecule has 6 heteroatoms. The number of hydrogen-bond donors (Lipinski definition) is 1. The second-order valence-corrected chi connectivity index (χ2v) is 4.84. The number of thiazole rings is 1. The summed E-state index contributed by atoms with van der Waals surface area (Å²) in [5.41, 5.74) is 6.40. The van der Waals surface area contributed by atoms with Gasteiger partial charge in [0.15, 0.2) is 5.13 Å². The van der Waals surface area contributed by atoms with Crippen LogP contribution in [-0.2, 0) is 4.74 Å². The molecule has 0 aromatic carbocycles. The van der Waals surface area contributed by atoms with Crippen LogP contribution >= 0.6 is 11.3 Å². The van der Waals surface area contributed by atoms with Crippen molar-refractivity contribution in [2.24, 2.45) is 0 Å². The number of nitriles is 1. The number of nitrogens with zero attached hydrogens (tertiary/aromatic N) is 3. The van der Waals surface area contributed by atoms with Crippen LogP contribution in [0.5, 0.6) is 0 Å². The van der Waals surface area contributed by atoms with Crippen molar-refractivity contribution in [1.29, 1.82) is 5.26 Å². The topological polar surface area (TPSA) is 75.2 Å². The Balaban J connectivity index is 2.30. The molecule has 90 valence electrons. The first-order valence-electron chi connectivity index (χ1n) is 5.38. The summed E-state index contributed by atoms with van der Waals surface area (Å²) in [7, 11) is 0. The third-order valence-electron chi connectivity index (χ3n) is 2.49. The van der Waals surface area contributed by atoms with E-state index in [1.165, 1.54) is 11.3 Å². The van der Waals surface area contributed by atoms with Crippen LogP contribution in [-0.4, -0.2) is 31.3 Å². The van der Waals surface area contributed by atoms with Gasteiger partial charge in [-0.1, -0.05) is 11.3 Å². The van der Waals surface area contributed by atoms with Crippen molar-refractivity contribution in [3.05, 3.63) is 10.5 Å². The lowest BCUT2D eigenvalue weighted by Gasteiger charge is -2.27. The van der Waals surface area contributed by atoms with Crippen LogP contribution in [0.1, 0.15) is 11.8 Å². The van der Waals surface area contributed by atoms with Gasteiger partial charge in [-0.25, -0.2) is 4.98 Å². The summed E-state index contributed by atoms with van der Waals surface area (Å²) < 4.78 is 5.31. The lowest BCUT2D eigenvalue weighted by Crippen LogP contribution is -2.36. The molecule has 1 aliphatic heterocycles. The Hall–Kier alpha value is -1.58. The summed E-state index contributed by atoms with van der Waals surface area (Å²) in [6.45, 7) is 4.82. The monoisotopic (exact) mass is 250 g/mol. The van der Waals surface area contributed by atoms with Gasteiger partial charge in [-0.05, 0) is 13.0 Å². The van der Waals surface area contributed by atoms with Crippen molar-refractivity contribution in [1.82, 2.24) is 4.98 Å². The highest BCUT2D eigenvalue weighted by atomic mass is 32.1. The van der Waals surface area contributed by atoms with Crippen LogP contribution in [0.3, 0.4) is 0 Å². The van der Waals surface area contributed by atoms with Crippen LogP contribution < -0.4 is 10.6 Å². The molecule has 0 spiro atoms. The van der Waals surface area contributed by atoms with E-state index in [2.05, 4.69) is 16.0 Å². The SMILES string of the molecule is CC(C#N)=Cc1sc(N)nc1N1CCOCC1. The van der Waals surface area contributed by atoms with Gasteiger partial charge in [0, 0.05) is 18.7 Å². The minimum atomic E-state index is 0.531. The maximum atomic E-state index is 8.81. The largest absolute Gasteiger partial charge is 0.378 e. The highest BCUT2D eigenvalue weighted by Gasteiger charge is 2.18. The molecular weight excluding hydrogens is 236 g/mol. The molecule has 1 saturated heterocycles. The summed E-state index contributed by atoms with van der Waals surface area (Å²) >= 11 is 1.41. The number of morpholine rings is 1. The van der Waals surface area contributed by atoms with Crippen molar-refractivity contribution in [3.63, 3.8) is 0 Å². The molecule has 1 aromatic rings. The van der Waals surface area contributed by atoms with Crippen LogP contribution in [0.15, 0.2) is 5.57 Å². The molecule has 2 rings (SSSR count). The van der Waals surface area contributed by atoms with Gasteiger partial charge in [-0.3, -0.25) is 0 Å². The van der Waals surface area contributed by atoms with E-state index in [1.54, 1.807) is 6.92 Å². The van der Waals surface area contributed by atoms with Crippen molar-refractivity contribution in [2.75, 3.05) is 36.9 Å². The number of allylic oxidation sites excluding steroid dienone is 1. The normalized spacial score (nSPS) is 16.9. The zero-order valence-corrected chi connectivity index (χ0v) is 10.5. The minimum Gasteiger partial charge on any atom is -0.378 e. The number of hydrogen-bond acceptors (Lipinski definition) is 6. The molecule has 0 unspecified atom stereocenters. The highest BCUT2D eigenvalue weighted by molar-refractivity contribution is 7.16. The molecular formula is C11H14N4OS. The van der Waals surface area contributed by atoms with E-state index in [0.717, 1.165) is 23.8 Å². The number of nitrogens with two attached hydrogens (primary N) is 1. The van der Waals surface area contributed by atoms with E-state index < -0.39 is 0 Å². The van der Waals surface area contributed by atoms with E-state index in [1.807, 2.05) is 6.08 Å². The lowest BCUT2D eigenvalue weighted by molar-refractivity contribution is 0.122. The van der Waals surface area contributed by atoms with E-state index in [9.17, 15) is 0 Å². The van der Waals surface area contributed by atoms with Gasteiger partial charge in [0.05, 0.1) is 24.2 Å². The van der Waals surface area contributed by atoms with Gasteiger partial charge in [-0.15, -0.1) is 0 Å². The number of anilines is 2. The zero-order chi connectivity index (χ0) is 12.3. The fourth-order valence-corrected chi connectivity index (χ4v) is 2.52. The van der Waals surface area contributed by atoms with Crippen LogP contribution in [0.2, 0.25) is 0 Å². The van der Waals surface area contributed by atoms with E-state index in [0.29, 0.717) is 23.9 Å². The number of ether oxygens (including phenoxy) is 1. The van der Waals surface area contributed by atoms with E-state index in [4.69, 9.17) is 15.7 Å². The van der Waals surface area contributed by atoms with Gasteiger partial charge < -0.3 is 15.4 Å². The van der Waals surface area contributed by atoms with Crippen molar-refractivity contribution in [2.45, 2.75) is 6.92 Å². The average Bonchev–Trinajstić information content (AvgIpc) is 2.71. The molecule has 17 heavy (non-hydrogen) atoms. The van der Waals surface area contributed by atoms with Gasteiger partial charge in [0.25, 0.3) is 0 Å². The van der Waals surface area contributed by atoms with Gasteiger partial charge in [-0.2, -0.15) is 5.26 Å².